The fourth-order valence-corrected chi connectivity index (χ4v) is 3.82. The van der Waals surface area contributed by atoms with Gasteiger partial charge in [-0.25, -0.2) is 0 Å². The molecule has 1 aliphatic heterocycles. The topological polar surface area (TPSA) is 65.8 Å². The number of carbonyl (C=O) groups is 2. The van der Waals surface area contributed by atoms with Gasteiger partial charge in [-0.15, -0.1) is 0 Å². The maximum absolute atomic E-state index is 13.3. The summed E-state index contributed by atoms with van der Waals surface area (Å²) in [6.07, 6.45) is 1.54. The van der Waals surface area contributed by atoms with E-state index in [1.807, 2.05) is 49.4 Å². The molecular formula is C23H21N3O3S. The zero-order valence-corrected chi connectivity index (χ0v) is 17.3. The first kappa shape index (κ1) is 19.8. The molecule has 1 aliphatic rings. The van der Waals surface area contributed by atoms with Crippen LogP contribution in [-0.2, 0) is 16.1 Å². The molecule has 7 heteroatoms. The average Bonchev–Trinajstić information content (AvgIpc) is 3.33. The van der Waals surface area contributed by atoms with Crippen molar-refractivity contribution in [3.8, 4) is 0 Å². The highest BCUT2D eigenvalue weighted by Gasteiger charge is 2.44. The molecule has 2 heterocycles. The lowest BCUT2D eigenvalue weighted by Gasteiger charge is -2.24. The average molecular weight is 420 g/mol. The van der Waals surface area contributed by atoms with Gasteiger partial charge in [0.25, 0.3) is 5.91 Å². The highest BCUT2D eigenvalue weighted by Crippen LogP contribution is 2.29. The van der Waals surface area contributed by atoms with Crippen LogP contribution in [0.5, 0.6) is 0 Å². The van der Waals surface area contributed by atoms with Crippen molar-refractivity contribution >= 4 is 40.5 Å². The van der Waals surface area contributed by atoms with Gasteiger partial charge in [-0.1, -0.05) is 35.9 Å². The Morgan fingerprint density at radius 3 is 2.47 bits per heavy atom. The van der Waals surface area contributed by atoms with E-state index in [1.165, 1.54) is 4.90 Å². The number of nitrogens with one attached hydrogen (secondary N) is 1. The van der Waals surface area contributed by atoms with Gasteiger partial charge in [0.1, 0.15) is 11.8 Å². The van der Waals surface area contributed by atoms with Crippen LogP contribution in [0.15, 0.2) is 77.4 Å². The van der Waals surface area contributed by atoms with Gasteiger partial charge in [0.2, 0.25) is 5.91 Å². The molecule has 2 aromatic carbocycles. The second kappa shape index (κ2) is 8.51. The predicted molar refractivity (Wildman–Crippen MR) is 119 cm³/mol. The summed E-state index contributed by atoms with van der Waals surface area (Å²) in [6.45, 7) is 2.22. The van der Waals surface area contributed by atoms with Gasteiger partial charge in [0, 0.05) is 11.4 Å². The number of aryl methyl sites for hydroxylation is 1. The molecule has 1 saturated heterocycles. The summed E-state index contributed by atoms with van der Waals surface area (Å²) < 4.78 is 5.39. The lowest BCUT2D eigenvalue weighted by Crippen LogP contribution is -2.38. The van der Waals surface area contributed by atoms with E-state index >= 15 is 0 Å². The molecule has 30 heavy (non-hydrogen) atoms. The van der Waals surface area contributed by atoms with E-state index in [0.717, 1.165) is 11.3 Å². The van der Waals surface area contributed by atoms with Crippen LogP contribution < -0.4 is 10.2 Å². The molecule has 0 saturated carbocycles. The van der Waals surface area contributed by atoms with Crippen LogP contribution >= 0.6 is 12.2 Å². The monoisotopic (exact) mass is 419 g/mol. The molecule has 152 valence electrons. The third kappa shape index (κ3) is 4.11. The van der Waals surface area contributed by atoms with Crippen molar-refractivity contribution in [1.82, 2.24) is 4.90 Å². The predicted octanol–water partition coefficient (Wildman–Crippen LogP) is 4.12. The summed E-state index contributed by atoms with van der Waals surface area (Å²) in [7, 11) is 0. The number of thiocarbonyl (C=S) groups is 1. The number of benzene rings is 2. The van der Waals surface area contributed by atoms with Crippen LogP contribution in [0.4, 0.5) is 11.4 Å². The van der Waals surface area contributed by atoms with Crippen LogP contribution in [0.3, 0.4) is 0 Å². The number of amides is 2. The van der Waals surface area contributed by atoms with Gasteiger partial charge in [-0.2, -0.15) is 0 Å². The first-order valence-corrected chi connectivity index (χ1v) is 10.0. The van der Waals surface area contributed by atoms with E-state index in [1.54, 1.807) is 35.4 Å². The lowest BCUT2D eigenvalue weighted by atomic mass is 10.1. The quantitative estimate of drug-likeness (QED) is 0.609. The van der Waals surface area contributed by atoms with Crippen molar-refractivity contribution in [3.63, 3.8) is 0 Å². The summed E-state index contributed by atoms with van der Waals surface area (Å²) in [6, 6.07) is 19.7. The first-order valence-electron chi connectivity index (χ1n) is 9.61. The van der Waals surface area contributed by atoms with E-state index in [9.17, 15) is 9.59 Å². The summed E-state index contributed by atoms with van der Waals surface area (Å²) in [5.41, 5.74) is 2.56. The molecular weight excluding hydrogens is 398 g/mol. The Labute approximate surface area is 180 Å². The molecule has 1 atom stereocenters. The number of hydrogen-bond acceptors (Lipinski definition) is 4. The minimum absolute atomic E-state index is 0.0175. The second-order valence-corrected chi connectivity index (χ2v) is 7.49. The molecule has 0 bridgehead atoms. The molecule has 0 aliphatic carbocycles. The first-order chi connectivity index (χ1) is 14.5. The maximum Gasteiger partial charge on any atom is 0.252 e. The van der Waals surface area contributed by atoms with E-state index in [-0.39, 0.29) is 24.8 Å². The Kier molecular flexibility index (Phi) is 5.63. The Balaban J connectivity index is 1.60. The van der Waals surface area contributed by atoms with Gasteiger partial charge >= 0.3 is 0 Å². The van der Waals surface area contributed by atoms with Gasteiger partial charge < -0.3 is 14.6 Å². The Morgan fingerprint density at radius 2 is 1.80 bits per heavy atom. The summed E-state index contributed by atoms with van der Waals surface area (Å²) >= 11 is 5.64. The molecule has 6 nitrogen and oxygen atoms in total. The number of hydrogen-bond donors (Lipinski definition) is 1. The van der Waals surface area contributed by atoms with E-state index in [4.69, 9.17) is 16.6 Å². The molecule has 4 rings (SSSR count). The second-order valence-electron chi connectivity index (χ2n) is 7.13. The smallest absolute Gasteiger partial charge is 0.252 e. The fourth-order valence-electron chi connectivity index (χ4n) is 3.44. The van der Waals surface area contributed by atoms with Crippen molar-refractivity contribution in [2.75, 3.05) is 10.2 Å². The molecule has 0 spiro atoms. The molecule has 1 fully saturated rings. The zero-order valence-electron chi connectivity index (χ0n) is 16.4. The van der Waals surface area contributed by atoms with Crippen LogP contribution in [0, 0.1) is 6.92 Å². The molecule has 1 aromatic heterocycles. The SMILES string of the molecule is Cc1ccc(N2C(=S)N(Cc3ccco3)C(=O)C2CC(=O)Nc2ccccc2)cc1. The lowest BCUT2D eigenvalue weighted by molar-refractivity contribution is -0.129. The van der Waals surface area contributed by atoms with E-state index < -0.39 is 6.04 Å². The highest BCUT2D eigenvalue weighted by molar-refractivity contribution is 7.80. The van der Waals surface area contributed by atoms with Gasteiger partial charge in [-0.3, -0.25) is 14.5 Å². The number of nitrogens with zero attached hydrogens (tertiary/aromatic N) is 2. The Bertz CT molecular complexity index is 1050. The molecule has 1 N–H and O–H groups in total. The number of para-hydroxylation sites is 1. The minimum Gasteiger partial charge on any atom is -0.467 e. The summed E-state index contributed by atoms with van der Waals surface area (Å²) in [4.78, 5) is 29.2. The molecule has 2 amide bonds. The van der Waals surface area contributed by atoms with E-state index in [0.29, 0.717) is 16.6 Å². The van der Waals surface area contributed by atoms with Crippen molar-refractivity contribution < 1.29 is 14.0 Å². The number of anilines is 2. The van der Waals surface area contributed by atoms with Gasteiger partial charge in [0.05, 0.1) is 19.2 Å². The number of furan rings is 1. The molecule has 1 unspecified atom stereocenters. The van der Waals surface area contributed by atoms with E-state index in [2.05, 4.69) is 5.32 Å². The number of carbonyl (C=O) groups excluding carboxylic acids is 2. The normalized spacial score (nSPS) is 16.2. The highest BCUT2D eigenvalue weighted by atomic mass is 32.1. The Morgan fingerprint density at radius 1 is 1.07 bits per heavy atom. The van der Waals surface area contributed by atoms with Crippen LogP contribution in [0.25, 0.3) is 0 Å². The minimum atomic E-state index is -0.723. The standard InChI is InChI=1S/C23H21N3O3S/c1-16-9-11-18(12-10-16)26-20(14-21(27)24-17-6-3-2-4-7-17)22(28)25(23(26)30)15-19-8-5-13-29-19/h2-13,20H,14-15H2,1H3,(H,24,27). The maximum atomic E-state index is 13.3. The van der Waals surface area contributed by atoms with Crippen molar-refractivity contribution in [1.29, 1.82) is 0 Å². The van der Waals surface area contributed by atoms with Crippen molar-refractivity contribution in [2.24, 2.45) is 0 Å². The third-order valence-corrected chi connectivity index (χ3v) is 5.36. The largest absolute Gasteiger partial charge is 0.467 e. The summed E-state index contributed by atoms with van der Waals surface area (Å²) in [5, 5.41) is 3.21. The van der Waals surface area contributed by atoms with Gasteiger partial charge in [0.15, 0.2) is 5.11 Å². The fraction of sp³-hybridized carbons (Fsp3) is 0.174. The molecule has 0 radical (unpaired) electrons. The van der Waals surface area contributed by atoms with Crippen LogP contribution in [0.2, 0.25) is 0 Å². The molecule has 3 aromatic rings. The van der Waals surface area contributed by atoms with Crippen molar-refractivity contribution in [2.45, 2.75) is 25.9 Å². The third-order valence-electron chi connectivity index (χ3n) is 4.94. The van der Waals surface area contributed by atoms with Crippen LogP contribution in [-0.4, -0.2) is 27.9 Å². The number of rotatable bonds is 6. The zero-order chi connectivity index (χ0) is 21.1. The van der Waals surface area contributed by atoms with Gasteiger partial charge in [-0.05, 0) is 55.5 Å². The van der Waals surface area contributed by atoms with Crippen LogP contribution in [0.1, 0.15) is 17.7 Å². The summed E-state index contributed by atoms with van der Waals surface area (Å²) in [5.74, 6) is 0.156. The Hall–Kier alpha value is -3.45. The van der Waals surface area contributed by atoms with Crippen molar-refractivity contribution in [3.05, 3.63) is 84.3 Å².